The highest BCUT2D eigenvalue weighted by Gasteiger charge is 2.38. The van der Waals surface area contributed by atoms with Gasteiger partial charge < -0.3 is 25.1 Å². The van der Waals surface area contributed by atoms with Crippen molar-refractivity contribution in [2.45, 2.75) is 44.3 Å². The minimum Gasteiger partial charge on any atom is -0.507 e. The Hall–Kier alpha value is -6.02. The molecule has 252 valence electrons. The van der Waals surface area contributed by atoms with Gasteiger partial charge in [0.1, 0.15) is 23.6 Å². The molecule has 0 aliphatic rings. The number of amides is 2. The highest BCUT2D eigenvalue weighted by molar-refractivity contribution is 6.03. The van der Waals surface area contributed by atoms with Gasteiger partial charge in [0.15, 0.2) is 0 Å². The van der Waals surface area contributed by atoms with Crippen LogP contribution in [0.2, 0.25) is 0 Å². The summed E-state index contributed by atoms with van der Waals surface area (Å²) in [5, 5.41) is 17.8. The third kappa shape index (κ3) is 7.05. The molecule has 0 aliphatic heterocycles. The number of hydrogen-bond donors (Lipinski definition) is 3. The zero-order chi connectivity index (χ0) is 35.1. The largest absolute Gasteiger partial charge is 0.507 e. The van der Waals surface area contributed by atoms with E-state index >= 15 is 0 Å². The van der Waals surface area contributed by atoms with Crippen molar-refractivity contribution in [2.75, 3.05) is 0 Å². The Balaban J connectivity index is 1.26. The van der Waals surface area contributed by atoms with Crippen LogP contribution in [0, 0.1) is 5.92 Å². The lowest BCUT2D eigenvalue weighted by Gasteiger charge is -2.37. The summed E-state index contributed by atoms with van der Waals surface area (Å²) in [6, 6.07) is 39.3. The minimum atomic E-state index is -0.935. The topological polar surface area (TPSA) is 113 Å². The van der Waals surface area contributed by atoms with E-state index in [0.29, 0.717) is 18.4 Å². The normalized spacial score (nSPS) is 12.7. The lowest BCUT2D eigenvalue weighted by Crippen LogP contribution is -2.51. The summed E-state index contributed by atoms with van der Waals surface area (Å²) in [4.78, 5) is 44.1. The number of phenols is 1. The van der Waals surface area contributed by atoms with Crippen molar-refractivity contribution in [1.29, 1.82) is 0 Å². The van der Waals surface area contributed by atoms with Crippen LogP contribution in [0.3, 0.4) is 0 Å². The monoisotopic (exact) mass is 664 g/mol. The van der Waals surface area contributed by atoms with Crippen molar-refractivity contribution < 1.29 is 19.5 Å². The Labute approximate surface area is 291 Å². The van der Waals surface area contributed by atoms with Gasteiger partial charge in [0.25, 0.3) is 5.91 Å². The minimum absolute atomic E-state index is 0.0590. The number of aromatic hydroxyl groups is 1. The molecule has 0 unspecified atom stereocenters. The van der Waals surface area contributed by atoms with Gasteiger partial charge in [-0.1, -0.05) is 129 Å². The number of hydrogen-bond acceptors (Lipinski definition) is 5. The van der Waals surface area contributed by atoms with Crippen LogP contribution in [0.5, 0.6) is 5.75 Å². The Morgan fingerprint density at radius 1 is 0.780 bits per heavy atom. The molecule has 8 nitrogen and oxygen atoms in total. The molecule has 0 radical (unpaired) electrons. The summed E-state index contributed by atoms with van der Waals surface area (Å²) in [6.07, 6.45) is 4.86. The van der Waals surface area contributed by atoms with Crippen molar-refractivity contribution in [3.8, 4) is 5.75 Å². The summed E-state index contributed by atoms with van der Waals surface area (Å²) in [5.41, 5.74) is 3.01. The second-order valence-electron chi connectivity index (χ2n) is 12.9. The van der Waals surface area contributed by atoms with Crippen LogP contribution in [0.15, 0.2) is 140 Å². The molecule has 0 spiro atoms. The van der Waals surface area contributed by atoms with Gasteiger partial charge in [-0.05, 0) is 51.9 Å². The van der Waals surface area contributed by atoms with Crippen molar-refractivity contribution in [2.24, 2.45) is 5.92 Å². The van der Waals surface area contributed by atoms with E-state index in [1.54, 1.807) is 12.4 Å². The van der Waals surface area contributed by atoms with Gasteiger partial charge in [-0.25, -0.2) is 4.98 Å². The molecule has 3 N–H and O–H groups in total. The van der Waals surface area contributed by atoms with E-state index in [1.807, 2.05) is 98.9 Å². The lowest BCUT2D eigenvalue weighted by atomic mass is 9.77. The van der Waals surface area contributed by atoms with Gasteiger partial charge in [0.2, 0.25) is 5.91 Å². The molecular weight excluding hydrogens is 624 g/mol. The highest BCUT2D eigenvalue weighted by atomic mass is 16.3. The number of phenolic OH excluding ortho intramolecular Hbond substituents is 1. The van der Waals surface area contributed by atoms with Gasteiger partial charge in [-0.15, -0.1) is 0 Å². The fourth-order valence-corrected chi connectivity index (χ4v) is 6.63. The molecule has 6 aromatic rings. The molecule has 8 heteroatoms. The first-order chi connectivity index (χ1) is 24.3. The molecule has 1 heterocycles. The quantitative estimate of drug-likeness (QED) is 0.0945. The molecule has 2 atom stereocenters. The van der Waals surface area contributed by atoms with Crippen molar-refractivity contribution in [3.63, 3.8) is 0 Å². The predicted octanol–water partition coefficient (Wildman–Crippen LogP) is 6.65. The van der Waals surface area contributed by atoms with E-state index in [4.69, 9.17) is 4.98 Å². The maximum atomic E-state index is 13.6. The number of aromatic nitrogens is 2. The average Bonchev–Trinajstić information content (AvgIpc) is 3.60. The van der Waals surface area contributed by atoms with E-state index in [0.717, 1.165) is 27.5 Å². The Morgan fingerprint density at radius 2 is 1.30 bits per heavy atom. The van der Waals surface area contributed by atoms with E-state index in [-0.39, 0.29) is 23.7 Å². The zero-order valence-electron chi connectivity index (χ0n) is 28.1. The molecule has 0 bridgehead atoms. The van der Waals surface area contributed by atoms with Gasteiger partial charge in [0.05, 0.1) is 23.6 Å². The van der Waals surface area contributed by atoms with Gasteiger partial charge >= 0.3 is 0 Å². The standard InChI is InChI=1S/C42H40N4O4/c1-29(2)22-38(45-40(49)37-23-30-14-12-13-15-31(30)24-39(37)48)41(50)44-36(27-47)25-35-26-46(28-43-35)42(32-16-6-3-7-17-32,33-18-8-4-9-19-33)34-20-10-5-11-21-34/h3-21,23-24,26-29,36,38,48H,22,25H2,1-2H3,(H,44,50)(H,45,49)/t36-,38-/m0/s1. The molecular formula is C42H40N4O4. The number of carbonyl (C=O) groups excluding carboxylic acids is 3. The number of benzene rings is 5. The van der Waals surface area contributed by atoms with Crippen molar-refractivity contribution in [3.05, 3.63) is 168 Å². The summed E-state index contributed by atoms with van der Waals surface area (Å²) in [6.45, 7) is 3.89. The van der Waals surface area contributed by atoms with Gasteiger partial charge in [-0.3, -0.25) is 9.59 Å². The maximum absolute atomic E-state index is 13.6. The predicted molar refractivity (Wildman–Crippen MR) is 195 cm³/mol. The first kappa shape index (κ1) is 33.9. The third-order valence-corrected chi connectivity index (χ3v) is 8.96. The summed E-state index contributed by atoms with van der Waals surface area (Å²) in [5.74, 6) is -1.18. The van der Waals surface area contributed by atoms with Crippen LogP contribution in [-0.4, -0.2) is 44.8 Å². The molecule has 0 saturated heterocycles. The number of aldehydes is 1. The van der Waals surface area contributed by atoms with Crippen molar-refractivity contribution in [1.82, 2.24) is 20.2 Å². The maximum Gasteiger partial charge on any atom is 0.255 e. The van der Waals surface area contributed by atoms with Crippen LogP contribution in [-0.2, 0) is 21.5 Å². The van der Waals surface area contributed by atoms with E-state index in [2.05, 4.69) is 51.6 Å². The fourth-order valence-electron chi connectivity index (χ4n) is 6.63. The molecule has 0 saturated carbocycles. The van der Waals surface area contributed by atoms with Crippen LogP contribution < -0.4 is 10.6 Å². The second-order valence-corrected chi connectivity index (χ2v) is 12.9. The van der Waals surface area contributed by atoms with Crippen LogP contribution >= 0.6 is 0 Å². The molecule has 5 aromatic carbocycles. The van der Waals surface area contributed by atoms with Gasteiger partial charge in [-0.2, -0.15) is 0 Å². The van der Waals surface area contributed by atoms with Crippen LogP contribution in [0.4, 0.5) is 0 Å². The van der Waals surface area contributed by atoms with Crippen molar-refractivity contribution >= 4 is 28.9 Å². The molecule has 50 heavy (non-hydrogen) atoms. The number of nitrogens with zero attached hydrogens (tertiary/aromatic N) is 2. The Kier molecular flexibility index (Phi) is 10.2. The number of fused-ring (bicyclic) bond motifs is 1. The zero-order valence-corrected chi connectivity index (χ0v) is 28.1. The fraction of sp³-hybridized carbons (Fsp3) is 0.190. The number of rotatable bonds is 13. The first-order valence-corrected chi connectivity index (χ1v) is 16.8. The Morgan fingerprint density at radius 3 is 1.82 bits per heavy atom. The van der Waals surface area contributed by atoms with Crippen LogP contribution in [0.1, 0.15) is 53.0 Å². The van der Waals surface area contributed by atoms with E-state index < -0.39 is 29.4 Å². The molecule has 0 fully saturated rings. The van der Waals surface area contributed by atoms with Crippen LogP contribution in [0.25, 0.3) is 10.8 Å². The summed E-state index contributed by atoms with van der Waals surface area (Å²) < 4.78 is 2.06. The lowest BCUT2D eigenvalue weighted by molar-refractivity contribution is -0.126. The van der Waals surface area contributed by atoms with Gasteiger partial charge in [0, 0.05) is 12.6 Å². The number of carbonyl (C=O) groups is 3. The first-order valence-electron chi connectivity index (χ1n) is 16.8. The third-order valence-electron chi connectivity index (χ3n) is 8.96. The summed E-state index contributed by atoms with van der Waals surface area (Å²) in [7, 11) is 0. The summed E-state index contributed by atoms with van der Waals surface area (Å²) >= 11 is 0. The number of nitrogens with one attached hydrogen (secondary N) is 2. The molecule has 0 aliphatic carbocycles. The molecule has 1 aromatic heterocycles. The van der Waals surface area contributed by atoms with E-state index in [1.165, 1.54) is 6.07 Å². The average molecular weight is 665 g/mol. The van der Waals surface area contributed by atoms with E-state index in [9.17, 15) is 19.5 Å². The number of imidazole rings is 1. The molecule has 2 amide bonds. The smallest absolute Gasteiger partial charge is 0.255 e. The Bertz CT molecular complexity index is 1980. The SMILES string of the molecule is CC(C)C[C@H](NC(=O)c1cc2ccccc2cc1O)C(=O)N[C@H](C=O)Cc1cn(C(c2ccccc2)(c2ccccc2)c2ccccc2)cn1. The second kappa shape index (κ2) is 15.0. The molecule has 6 rings (SSSR count). The highest BCUT2D eigenvalue weighted by Crippen LogP contribution is 2.40.